The predicted molar refractivity (Wildman–Crippen MR) is 95.9 cm³/mol. The van der Waals surface area contributed by atoms with E-state index in [-0.39, 0.29) is 11.7 Å². The fourth-order valence-electron chi connectivity index (χ4n) is 2.63. The zero-order chi connectivity index (χ0) is 16.9. The van der Waals surface area contributed by atoms with Crippen LogP contribution in [0.2, 0.25) is 5.02 Å². The van der Waals surface area contributed by atoms with Crippen molar-refractivity contribution in [3.63, 3.8) is 0 Å². The van der Waals surface area contributed by atoms with Gasteiger partial charge in [0.2, 0.25) is 11.8 Å². The normalized spacial score (nSPS) is 14.2. The van der Waals surface area contributed by atoms with E-state index in [0.29, 0.717) is 22.6 Å². The van der Waals surface area contributed by atoms with Gasteiger partial charge in [-0.15, -0.1) is 10.2 Å². The largest absolute Gasteiger partial charge is 0.416 e. The summed E-state index contributed by atoms with van der Waals surface area (Å²) in [4.78, 5) is 14.5. The molecule has 0 unspecified atom stereocenters. The fourth-order valence-corrected chi connectivity index (χ4v) is 3.51. The number of nitrogens with one attached hydrogen (secondary N) is 1. The Morgan fingerprint density at radius 2 is 2.17 bits per heavy atom. The molecule has 0 atom stereocenters. The molecule has 1 N–H and O–H groups in total. The number of anilines is 2. The monoisotopic (exact) mass is 366 g/mol. The number of nitrogens with zero attached hydrogens (tertiary/aromatic N) is 3. The second kappa shape index (κ2) is 7.90. The summed E-state index contributed by atoms with van der Waals surface area (Å²) in [7, 11) is 0. The number of aryl methyl sites for hydroxylation is 1. The van der Waals surface area contributed by atoms with Gasteiger partial charge in [0.15, 0.2) is 0 Å². The summed E-state index contributed by atoms with van der Waals surface area (Å²) in [5.74, 6) is 0.653. The zero-order valence-corrected chi connectivity index (χ0v) is 15.0. The smallest absolute Gasteiger partial charge is 0.277 e. The van der Waals surface area contributed by atoms with E-state index >= 15 is 0 Å². The molecular formula is C16H19ClN4O2S. The Morgan fingerprint density at radius 3 is 2.88 bits per heavy atom. The van der Waals surface area contributed by atoms with Crippen LogP contribution in [0.5, 0.6) is 0 Å². The Kier molecular flexibility index (Phi) is 5.63. The van der Waals surface area contributed by atoms with Crippen molar-refractivity contribution in [2.45, 2.75) is 31.4 Å². The molecule has 3 rings (SSSR count). The summed E-state index contributed by atoms with van der Waals surface area (Å²) in [5, 5.41) is 11.8. The van der Waals surface area contributed by atoms with Crippen molar-refractivity contribution < 1.29 is 9.21 Å². The van der Waals surface area contributed by atoms with Crippen LogP contribution in [0.25, 0.3) is 0 Å². The number of amides is 1. The quantitative estimate of drug-likeness (QED) is 0.787. The second-order valence-electron chi connectivity index (χ2n) is 5.48. The maximum Gasteiger partial charge on any atom is 0.277 e. The third kappa shape index (κ3) is 4.02. The maximum absolute atomic E-state index is 12.3. The number of hydrogen-bond donors (Lipinski definition) is 1. The SMILES string of the molecule is CCc1nnc(SCC(=O)Nc2cccc(Cl)c2N2CCCC2)o1. The number of aromatic nitrogens is 2. The molecule has 2 aromatic rings. The third-order valence-corrected chi connectivity index (χ3v) is 4.88. The Hall–Kier alpha value is -1.73. The van der Waals surface area contributed by atoms with Crippen molar-refractivity contribution in [2.75, 3.05) is 29.1 Å². The predicted octanol–water partition coefficient (Wildman–Crippen LogP) is 3.62. The van der Waals surface area contributed by atoms with E-state index in [9.17, 15) is 4.79 Å². The summed E-state index contributed by atoms with van der Waals surface area (Å²) in [6.07, 6.45) is 2.97. The Balaban J connectivity index is 1.64. The molecule has 0 aliphatic carbocycles. The number of carbonyl (C=O) groups excluding carboxylic acids is 1. The van der Waals surface area contributed by atoms with Gasteiger partial charge in [0, 0.05) is 19.5 Å². The van der Waals surface area contributed by atoms with E-state index in [2.05, 4.69) is 20.4 Å². The Bertz CT molecular complexity index is 716. The first-order valence-corrected chi connectivity index (χ1v) is 9.32. The molecule has 128 valence electrons. The van der Waals surface area contributed by atoms with Gasteiger partial charge in [0.1, 0.15) is 0 Å². The van der Waals surface area contributed by atoms with Crippen molar-refractivity contribution in [3.05, 3.63) is 29.1 Å². The summed E-state index contributed by atoms with van der Waals surface area (Å²) in [6, 6.07) is 5.57. The molecule has 1 aliphatic heterocycles. The van der Waals surface area contributed by atoms with Gasteiger partial charge in [0.25, 0.3) is 5.22 Å². The molecule has 0 radical (unpaired) electrons. The topological polar surface area (TPSA) is 71.3 Å². The highest BCUT2D eigenvalue weighted by Crippen LogP contribution is 2.36. The Morgan fingerprint density at radius 1 is 1.38 bits per heavy atom. The molecule has 0 saturated carbocycles. The molecule has 8 heteroatoms. The van der Waals surface area contributed by atoms with Gasteiger partial charge >= 0.3 is 0 Å². The molecular weight excluding hydrogens is 348 g/mol. The fraction of sp³-hybridized carbons (Fsp3) is 0.438. The first-order chi connectivity index (χ1) is 11.7. The van der Waals surface area contributed by atoms with Crippen LogP contribution in [0.1, 0.15) is 25.7 Å². The lowest BCUT2D eigenvalue weighted by Crippen LogP contribution is -2.22. The molecule has 0 spiro atoms. The van der Waals surface area contributed by atoms with Gasteiger partial charge < -0.3 is 14.6 Å². The van der Waals surface area contributed by atoms with Crippen molar-refractivity contribution in [1.82, 2.24) is 10.2 Å². The average Bonchev–Trinajstić information content (AvgIpc) is 3.24. The van der Waals surface area contributed by atoms with E-state index in [1.165, 1.54) is 11.8 Å². The van der Waals surface area contributed by atoms with Crippen molar-refractivity contribution >= 4 is 40.6 Å². The molecule has 1 aromatic carbocycles. The van der Waals surface area contributed by atoms with Gasteiger partial charge in [-0.3, -0.25) is 4.79 Å². The van der Waals surface area contributed by atoms with Gasteiger partial charge in [-0.05, 0) is 25.0 Å². The van der Waals surface area contributed by atoms with Gasteiger partial charge in [-0.25, -0.2) is 0 Å². The standard InChI is InChI=1S/C16H19ClN4O2S/c1-2-14-19-20-16(23-14)24-10-13(22)18-12-7-5-6-11(17)15(12)21-8-3-4-9-21/h5-7H,2-4,8-10H2,1H3,(H,18,22). The number of thioether (sulfide) groups is 1. The van der Waals surface area contributed by atoms with E-state index in [1.54, 1.807) is 0 Å². The van der Waals surface area contributed by atoms with Crippen molar-refractivity contribution in [1.29, 1.82) is 0 Å². The third-order valence-electron chi connectivity index (χ3n) is 3.76. The second-order valence-corrected chi connectivity index (χ2v) is 6.82. The van der Waals surface area contributed by atoms with E-state index < -0.39 is 0 Å². The van der Waals surface area contributed by atoms with Crippen LogP contribution in [0.4, 0.5) is 11.4 Å². The van der Waals surface area contributed by atoms with Gasteiger partial charge in [-0.1, -0.05) is 36.4 Å². The Labute approximate surface area is 150 Å². The minimum atomic E-state index is -0.126. The number of benzene rings is 1. The first kappa shape index (κ1) is 17.1. The number of rotatable bonds is 6. The molecule has 1 fully saturated rings. The van der Waals surface area contributed by atoms with Gasteiger partial charge in [-0.2, -0.15) is 0 Å². The lowest BCUT2D eigenvalue weighted by molar-refractivity contribution is -0.113. The van der Waals surface area contributed by atoms with Crippen LogP contribution >= 0.6 is 23.4 Å². The lowest BCUT2D eigenvalue weighted by atomic mass is 10.2. The van der Waals surface area contributed by atoms with Crippen LogP contribution in [0, 0.1) is 0 Å². The molecule has 0 bridgehead atoms. The highest BCUT2D eigenvalue weighted by molar-refractivity contribution is 7.99. The number of hydrogen-bond acceptors (Lipinski definition) is 6. The van der Waals surface area contributed by atoms with Crippen LogP contribution < -0.4 is 10.2 Å². The maximum atomic E-state index is 12.3. The van der Waals surface area contributed by atoms with Crippen LogP contribution in [-0.2, 0) is 11.2 Å². The summed E-state index contributed by atoms with van der Waals surface area (Å²) < 4.78 is 5.39. The average molecular weight is 367 g/mol. The van der Waals surface area contributed by atoms with E-state index in [0.717, 1.165) is 37.3 Å². The summed E-state index contributed by atoms with van der Waals surface area (Å²) in [5.41, 5.74) is 1.65. The zero-order valence-electron chi connectivity index (χ0n) is 13.4. The molecule has 1 saturated heterocycles. The number of carbonyl (C=O) groups is 1. The van der Waals surface area contributed by atoms with Crippen molar-refractivity contribution in [2.24, 2.45) is 0 Å². The van der Waals surface area contributed by atoms with E-state index in [1.807, 2.05) is 25.1 Å². The van der Waals surface area contributed by atoms with Crippen LogP contribution in [-0.4, -0.2) is 34.9 Å². The minimum Gasteiger partial charge on any atom is -0.416 e. The van der Waals surface area contributed by atoms with Crippen LogP contribution in [0.15, 0.2) is 27.8 Å². The molecule has 24 heavy (non-hydrogen) atoms. The first-order valence-electron chi connectivity index (χ1n) is 7.96. The highest BCUT2D eigenvalue weighted by atomic mass is 35.5. The number of halogens is 1. The van der Waals surface area contributed by atoms with Crippen LogP contribution in [0.3, 0.4) is 0 Å². The number of para-hydroxylation sites is 1. The van der Waals surface area contributed by atoms with E-state index in [4.69, 9.17) is 16.0 Å². The van der Waals surface area contributed by atoms with Gasteiger partial charge in [0.05, 0.1) is 22.2 Å². The van der Waals surface area contributed by atoms with Crippen molar-refractivity contribution in [3.8, 4) is 0 Å². The lowest BCUT2D eigenvalue weighted by Gasteiger charge is -2.22. The molecule has 1 aliphatic rings. The molecule has 1 aromatic heterocycles. The highest BCUT2D eigenvalue weighted by Gasteiger charge is 2.20. The molecule has 1 amide bonds. The molecule has 2 heterocycles. The molecule has 6 nitrogen and oxygen atoms in total. The summed E-state index contributed by atoms with van der Waals surface area (Å²) >= 11 is 7.58. The summed E-state index contributed by atoms with van der Waals surface area (Å²) in [6.45, 7) is 3.86. The minimum absolute atomic E-state index is 0.126.